The van der Waals surface area contributed by atoms with Crippen LogP contribution in [0.1, 0.15) is 47.2 Å². The number of hydrogen-bond acceptors (Lipinski definition) is 7. The van der Waals surface area contributed by atoms with Crippen molar-refractivity contribution in [2.45, 2.75) is 38.5 Å². The molecule has 3 atom stereocenters. The number of aliphatic hydroxyl groups is 2. The summed E-state index contributed by atoms with van der Waals surface area (Å²) in [6, 6.07) is 13.9. The molecule has 7 nitrogen and oxygen atoms in total. The van der Waals surface area contributed by atoms with E-state index in [1.54, 1.807) is 43.3 Å². The number of pyridine rings is 2. The van der Waals surface area contributed by atoms with Crippen LogP contribution in [-0.4, -0.2) is 55.3 Å². The number of nitrogens with zero attached hydrogens (tertiary/aromatic N) is 3. The lowest BCUT2D eigenvalue weighted by Gasteiger charge is -2.32. The first-order chi connectivity index (χ1) is 16.6. The molecule has 3 unspecified atom stereocenters. The molecule has 0 aromatic carbocycles. The fourth-order valence-corrected chi connectivity index (χ4v) is 5.10. The molecule has 3 aromatic heterocycles. The number of aromatic nitrogens is 2. The summed E-state index contributed by atoms with van der Waals surface area (Å²) < 4.78 is 0. The molecule has 0 bridgehead atoms. The Morgan fingerprint density at radius 2 is 1.54 bits per heavy atom. The molecule has 0 aliphatic rings. The van der Waals surface area contributed by atoms with E-state index in [1.807, 2.05) is 24.0 Å². The molecule has 0 saturated carbocycles. The Balaban J connectivity index is 1.79. The molecule has 0 aliphatic carbocycles. The molecule has 35 heavy (non-hydrogen) atoms. The van der Waals surface area contributed by atoms with E-state index in [4.69, 9.17) is 28.3 Å². The lowest BCUT2D eigenvalue weighted by atomic mass is 10.1. The number of carboxylic acids is 1. The van der Waals surface area contributed by atoms with Crippen molar-refractivity contribution in [3.63, 3.8) is 0 Å². The Bertz CT molecular complexity index is 1130. The molecule has 0 spiro atoms. The van der Waals surface area contributed by atoms with E-state index in [-0.39, 0.29) is 19.1 Å². The minimum atomic E-state index is -0.982. The third-order valence-corrected chi connectivity index (χ3v) is 7.15. The summed E-state index contributed by atoms with van der Waals surface area (Å²) in [7, 11) is 0. The summed E-state index contributed by atoms with van der Waals surface area (Å²) in [5, 5.41) is 31.3. The van der Waals surface area contributed by atoms with E-state index in [1.165, 1.54) is 17.4 Å². The fraction of sp³-hybridized carbons (Fsp3) is 0.320. The van der Waals surface area contributed by atoms with Crippen molar-refractivity contribution in [2.24, 2.45) is 0 Å². The summed E-state index contributed by atoms with van der Waals surface area (Å²) in [5.41, 5.74) is 1.57. The lowest BCUT2D eigenvalue weighted by molar-refractivity contribution is -0.131. The van der Waals surface area contributed by atoms with Crippen molar-refractivity contribution in [3.05, 3.63) is 86.1 Å². The van der Waals surface area contributed by atoms with Crippen LogP contribution in [0, 0.1) is 0 Å². The van der Waals surface area contributed by atoms with Gasteiger partial charge in [-0.05, 0) is 62.2 Å². The second-order valence-corrected chi connectivity index (χ2v) is 10.2. The SMILES string of the molecule is C/C(=C\C(=O)O)c1ccc(CC(C)N(CC(O)c2cccc(Cl)n2)CC(O)c2cccc(Cl)n2)s1. The second-order valence-electron chi connectivity index (χ2n) is 8.24. The third kappa shape index (κ3) is 8.10. The van der Waals surface area contributed by atoms with E-state index in [0.717, 1.165) is 9.75 Å². The maximum absolute atomic E-state index is 11.0. The zero-order valence-corrected chi connectivity index (χ0v) is 21.6. The smallest absolute Gasteiger partial charge is 0.328 e. The normalized spacial score (nSPS) is 14.7. The highest BCUT2D eigenvalue weighted by molar-refractivity contribution is 7.13. The van der Waals surface area contributed by atoms with Crippen molar-refractivity contribution in [3.8, 4) is 0 Å². The Morgan fingerprint density at radius 3 is 2.03 bits per heavy atom. The molecule has 0 fully saturated rings. The second kappa shape index (κ2) is 12.6. The van der Waals surface area contributed by atoms with Gasteiger partial charge in [-0.2, -0.15) is 0 Å². The summed E-state index contributed by atoms with van der Waals surface area (Å²) in [6.45, 7) is 4.20. The van der Waals surface area contributed by atoms with E-state index in [9.17, 15) is 15.0 Å². The van der Waals surface area contributed by atoms with Crippen LogP contribution < -0.4 is 0 Å². The van der Waals surface area contributed by atoms with Gasteiger partial charge in [-0.3, -0.25) is 4.90 Å². The highest BCUT2D eigenvalue weighted by atomic mass is 35.5. The van der Waals surface area contributed by atoms with E-state index in [0.29, 0.717) is 33.7 Å². The summed E-state index contributed by atoms with van der Waals surface area (Å²) in [5.74, 6) is -0.982. The molecule has 3 heterocycles. The maximum atomic E-state index is 11.0. The van der Waals surface area contributed by atoms with E-state index >= 15 is 0 Å². The standard InChI is InChI=1S/C25H27Cl2N3O4S/c1-15(11-25(33)34)22-10-9-17(35-22)12-16(2)30(13-20(31)18-5-3-7-23(26)28-18)14-21(32)19-6-4-8-24(27)29-19/h3-11,16,20-21,31-32H,12-14H2,1-2H3,(H,33,34)/b15-11+. The number of aliphatic hydroxyl groups excluding tert-OH is 2. The molecule has 0 saturated heterocycles. The summed E-state index contributed by atoms with van der Waals surface area (Å²) in [4.78, 5) is 23.3. The molecular formula is C25H27Cl2N3O4S. The Kier molecular flexibility index (Phi) is 9.80. The van der Waals surface area contributed by atoms with Crippen molar-refractivity contribution in [1.29, 1.82) is 0 Å². The van der Waals surface area contributed by atoms with Crippen molar-refractivity contribution in [2.75, 3.05) is 13.1 Å². The topological polar surface area (TPSA) is 107 Å². The number of carbonyl (C=O) groups is 1. The predicted molar refractivity (Wildman–Crippen MR) is 139 cm³/mol. The van der Waals surface area contributed by atoms with Gasteiger partial charge in [-0.1, -0.05) is 35.3 Å². The van der Waals surface area contributed by atoms with Gasteiger partial charge in [0.2, 0.25) is 0 Å². The van der Waals surface area contributed by atoms with Crippen molar-refractivity contribution < 1.29 is 20.1 Å². The molecule has 10 heteroatoms. The Labute approximate surface area is 218 Å². The minimum absolute atomic E-state index is 0.0760. The third-order valence-electron chi connectivity index (χ3n) is 5.48. The van der Waals surface area contributed by atoms with Crippen molar-refractivity contribution >= 4 is 46.1 Å². The van der Waals surface area contributed by atoms with Crippen molar-refractivity contribution in [1.82, 2.24) is 14.9 Å². The highest BCUT2D eigenvalue weighted by Gasteiger charge is 2.24. The van der Waals surface area contributed by atoms with Crippen LogP contribution in [0.5, 0.6) is 0 Å². The molecular weight excluding hydrogens is 509 g/mol. The van der Waals surface area contributed by atoms with Crippen LogP contribution in [0.2, 0.25) is 10.3 Å². The molecule has 0 aliphatic heterocycles. The van der Waals surface area contributed by atoms with Gasteiger partial charge in [0.05, 0.1) is 11.4 Å². The van der Waals surface area contributed by atoms with Gasteiger partial charge < -0.3 is 15.3 Å². The fourth-order valence-electron chi connectivity index (χ4n) is 3.66. The number of thiophene rings is 1. The van der Waals surface area contributed by atoms with Crippen LogP contribution >= 0.6 is 34.5 Å². The number of allylic oxidation sites excluding steroid dienone is 1. The van der Waals surface area contributed by atoms with Gasteiger partial charge in [0.15, 0.2) is 0 Å². The van der Waals surface area contributed by atoms with Gasteiger partial charge >= 0.3 is 5.97 Å². The number of aliphatic carboxylic acids is 1. The molecule has 186 valence electrons. The van der Waals surface area contributed by atoms with Gasteiger partial charge in [-0.15, -0.1) is 11.3 Å². The largest absolute Gasteiger partial charge is 0.478 e. The zero-order chi connectivity index (χ0) is 25.5. The highest BCUT2D eigenvalue weighted by Crippen LogP contribution is 2.27. The number of hydrogen-bond donors (Lipinski definition) is 3. The van der Waals surface area contributed by atoms with Gasteiger partial charge in [0.1, 0.15) is 22.5 Å². The molecule has 3 rings (SSSR count). The average molecular weight is 536 g/mol. The van der Waals surface area contributed by atoms with Crippen LogP contribution in [0.25, 0.3) is 5.57 Å². The summed E-state index contributed by atoms with van der Waals surface area (Å²) in [6.07, 6.45) is -0.0182. The first-order valence-electron chi connectivity index (χ1n) is 11.0. The van der Waals surface area contributed by atoms with Gasteiger partial charge in [0.25, 0.3) is 0 Å². The summed E-state index contributed by atoms with van der Waals surface area (Å²) >= 11 is 13.5. The molecule has 3 aromatic rings. The van der Waals surface area contributed by atoms with E-state index < -0.39 is 18.2 Å². The predicted octanol–water partition coefficient (Wildman–Crippen LogP) is 5.03. The Hall–Kier alpha value is -2.33. The first kappa shape index (κ1) is 27.3. The molecule has 0 radical (unpaired) electrons. The minimum Gasteiger partial charge on any atom is -0.478 e. The van der Waals surface area contributed by atoms with Gasteiger partial charge in [-0.25, -0.2) is 14.8 Å². The maximum Gasteiger partial charge on any atom is 0.328 e. The van der Waals surface area contributed by atoms with Crippen LogP contribution in [0.4, 0.5) is 0 Å². The number of rotatable bonds is 11. The van der Waals surface area contributed by atoms with Crippen LogP contribution in [0.3, 0.4) is 0 Å². The zero-order valence-electron chi connectivity index (χ0n) is 19.3. The van der Waals surface area contributed by atoms with Crippen LogP contribution in [-0.2, 0) is 11.2 Å². The van der Waals surface area contributed by atoms with Crippen LogP contribution in [0.15, 0.2) is 54.6 Å². The molecule has 0 amide bonds. The Morgan fingerprint density at radius 1 is 1.00 bits per heavy atom. The molecule has 3 N–H and O–H groups in total. The first-order valence-corrected chi connectivity index (χ1v) is 12.5. The van der Waals surface area contributed by atoms with Gasteiger partial charge in [0, 0.05) is 35.0 Å². The van der Waals surface area contributed by atoms with E-state index in [2.05, 4.69) is 9.97 Å². The number of halogens is 2. The lowest BCUT2D eigenvalue weighted by Crippen LogP contribution is -2.40. The quantitative estimate of drug-likeness (QED) is 0.233. The number of carboxylic acid groups (broad SMARTS) is 1. The average Bonchev–Trinajstić information content (AvgIpc) is 3.26. The monoisotopic (exact) mass is 535 g/mol.